The molecule has 5 heteroatoms. The van der Waals surface area contributed by atoms with E-state index in [1.54, 1.807) is 31.2 Å². The minimum absolute atomic E-state index is 0.206. The summed E-state index contributed by atoms with van der Waals surface area (Å²) >= 11 is 0. The first kappa shape index (κ1) is 16.7. The number of rotatable bonds is 5. The summed E-state index contributed by atoms with van der Waals surface area (Å²) in [5.74, 6) is -0.210. The van der Waals surface area contributed by atoms with Gasteiger partial charge in [-0.25, -0.2) is 4.79 Å². The van der Waals surface area contributed by atoms with E-state index < -0.39 is 5.54 Å². The molecule has 0 aromatic heterocycles. The lowest BCUT2D eigenvalue weighted by molar-refractivity contribution is -0.131. The van der Waals surface area contributed by atoms with Gasteiger partial charge in [-0.3, -0.25) is 9.69 Å². The lowest BCUT2D eigenvalue weighted by Gasteiger charge is -2.21. The SMILES string of the molecule is C[C@@]1(CCc2ccccc2)NC(=O)N(Cc2ccc(C#N)cc2)C1=O. The number of urea groups is 1. The number of amides is 3. The summed E-state index contributed by atoms with van der Waals surface area (Å²) in [7, 11) is 0. The van der Waals surface area contributed by atoms with Gasteiger partial charge >= 0.3 is 6.03 Å². The van der Waals surface area contributed by atoms with E-state index in [4.69, 9.17) is 5.26 Å². The largest absolute Gasteiger partial charge is 0.325 e. The third kappa shape index (κ3) is 3.53. The van der Waals surface area contributed by atoms with Crippen LogP contribution in [0.15, 0.2) is 54.6 Å². The minimum Gasteiger partial charge on any atom is -0.323 e. The van der Waals surface area contributed by atoms with E-state index >= 15 is 0 Å². The highest BCUT2D eigenvalue weighted by atomic mass is 16.2. The smallest absolute Gasteiger partial charge is 0.323 e. The molecule has 126 valence electrons. The molecule has 2 aromatic rings. The van der Waals surface area contributed by atoms with Gasteiger partial charge in [0.2, 0.25) is 0 Å². The average molecular weight is 333 g/mol. The van der Waals surface area contributed by atoms with Crippen molar-refractivity contribution >= 4 is 11.9 Å². The van der Waals surface area contributed by atoms with Gasteiger partial charge in [-0.05, 0) is 43.0 Å². The van der Waals surface area contributed by atoms with E-state index in [-0.39, 0.29) is 18.5 Å². The van der Waals surface area contributed by atoms with Gasteiger partial charge in [0.05, 0.1) is 18.2 Å². The highest BCUT2D eigenvalue weighted by molar-refractivity contribution is 6.06. The quantitative estimate of drug-likeness (QED) is 0.855. The van der Waals surface area contributed by atoms with Crippen LogP contribution in [0.5, 0.6) is 0 Å². The number of aryl methyl sites for hydroxylation is 1. The van der Waals surface area contributed by atoms with E-state index in [2.05, 4.69) is 11.4 Å². The number of imide groups is 1. The third-order valence-electron chi connectivity index (χ3n) is 4.53. The molecule has 2 aromatic carbocycles. The Balaban J connectivity index is 1.69. The Hall–Kier alpha value is -3.13. The Labute approximate surface area is 146 Å². The molecule has 1 heterocycles. The number of nitrogens with one attached hydrogen (secondary N) is 1. The number of carbonyl (C=O) groups excluding carboxylic acids is 2. The van der Waals surface area contributed by atoms with Crippen LogP contribution in [0.25, 0.3) is 0 Å². The Kier molecular flexibility index (Phi) is 4.53. The number of benzene rings is 2. The summed E-state index contributed by atoms with van der Waals surface area (Å²) in [5.41, 5.74) is 1.61. The molecule has 0 aliphatic carbocycles. The van der Waals surface area contributed by atoms with Crippen molar-refractivity contribution in [2.75, 3.05) is 0 Å². The first-order chi connectivity index (χ1) is 12.0. The second-order valence-electron chi connectivity index (χ2n) is 6.45. The van der Waals surface area contributed by atoms with Crippen LogP contribution < -0.4 is 5.32 Å². The first-order valence-corrected chi connectivity index (χ1v) is 8.19. The fourth-order valence-electron chi connectivity index (χ4n) is 2.97. The van der Waals surface area contributed by atoms with Crippen LogP contribution >= 0.6 is 0 Å². The van der Waals surface area contributed by atoms with Crippen LogP contribution in [0, 0.1) is 11.3 Å². The van der Waals surface area contributed by atoms with Crippen molar-refractivity contribution in [2.45, 2.75) is 31.8 Å². The number of nitriles is 1. The van der Waals surface area contributed by atoms with Crippen molar-refractivity contribution in [2.24, 2.45) is 0 Å². The second-order valence-corrected chi connectivity index (χ2v) is 6.45. The summed E-state index contributed by atoms with van der Waals surface area (Å²) in [5, 5.41) is 11.7. The molecule has 0 bridgehead atoms. The van der Waals surface area contributed by atoms with Crippen molar-refractivity contribution < 1.29 is 9.59 Å². The van der Waals surface area contributed by atoms with Gasteiger partial charge in [0.15, 0.2) is 0 Å². The monoisotopic (exact) mass is 333 g/mol. The molecule has 0 spiro atoms. The molecule has 1 saturated heterocycles. The van der Waals surface area contributed by atoms with Gasteiger partial charge in [-0.1, -0.05) is 42.5 Å². The highest BCUT2D eigenvalue weighted by Crippen LogP contribution is 2.24. The van der Waals surface area contributed by atoms with Crippen molar-refractivity contribution in [3.8, 4) is 6.07 Å². The summed E-state index contributed by atoms with van der Waals surface area (Å²) in [6, 6.07) is 18.5. The molecule has 1 fully saturated rings. The lowest BCUT2D eigenvalue weighted by atomic mass is 9.93. The summed E-state index contributed by atoms with van der Waals surface area (Å²) < 4.78 is 0. The van der Waals surface area contributed by atoms with Gasteiger partial charge < -0.3 is 5.32 Å². The summed E-state index contributed by atoms with van der Waals surface area (Å²) in [4.78, 5) is 26.3. The van der Waals surface area contributed by atoms with Crippen LogP contribution in [-0.4, -0.2) is 22.4 Å². The molecule has 3 rings (SSSR count). The van der Waals surface area contributed by atoms with E-state index in [9.17, 15) is 9.59 Å². The topological polar surface area (TPSA) is 73.2 Å². The summed E-state index contributed by atoms with van der Waals surface area (Å²) in [6.07, 6.45) is 1.26. The number of carbonyl (C=O) groups is 2. The molecule has 1 atom stereocenters. The van der Waals surface area contributed by atoms with Crippen LogP contribution in [0.3, 0.4) is 0 Å². The predicted molar refractivity (Wildman–Crippen MR) is 93.4 cm³/mol. The normalized spacial score (nSPS) is 19.6. The Morgan fingerprint density at radius 2 is 1.72 bits per heavy atom. The lowest BCUT2D eigenvalue weighted by Crippen LogP contribution is -2.44. The van der Waals surface area contributed by atoms with E-state index in [0.717, 1.165) is 11.1 Å². The maximum atomic E-state index is 12.8. The van der Waals surface area contributed by atoms with Crippen LogP contribution in [0.4, 0.5) is 4.79 Å². The van der Waals surface area contributed by atoms with E-state index in [1.807, 2.05) is 30.3 Å². The zero-order chi connectivity index (χ0) is 17.9. The number of nitrogens with zero attached hydrogens (tertiary/aromatic N) is 2. The van der Waals surface area contributed by atoms with Gasteiger partial charge in [-0.2, -0.15) is 5.26 Å². The molecule has 1 aliphatic heterocycles. The molecule has 1 aliphatic rings. The van der Waals surface area contributed by atoms with Gasteiger partial charge in [0.1, 0.15) is 5.54 Å². The van der Waals surface area contributed by atoms with Crippen LogP contribution in [-0.2, 0) is 17.8 Å². The predicted octanol–water partition coefficient (Wildman–Crippen LogP) is 3.00. The van der Waals surface area contributed by atoms with Crippen molar-refractivity contribution in [1.82, 2.24) is 10.2 Å². The fourth-order valence-corrected chi connectivity index (χ4v) is 2.97. The maximum Gasteiger partial charge on any atom is 0.325 e. The van der Waals surface area contributed by atoms with Gasteiger partial charge in [0.25, 0.3) is 5.91 Å². The molecular weight excluding hydrogens is 314 g/mol. The van der Waals surface area contributed by atoms with Crippen LogP contribution in [0.1, 0.15) is 30.0 Å². The molecule has 3 amide bonds. The second kappa shape index (κ2) is 6.78. The summed E-state index contributed by atoms with van der Waals surface area (Å²) in [6.45, 7) is 1.98. The highest BCUT2D eigenvalue weighted by Gasteiger charge is 2.47. The first-order valence-electron chi connectivity index (χ1n) is 8.19. The van der Waals surface area contributed by atoms with Crippen molar-refractivity contribution in [3.05, 3.63) is 71.3 Å². The maximum absolute atomic E-state index is 12.8. The van der Waals surface area contributed by atoms with Crippen molar-refractivity contribution in [1.29, 1.82) is 5.26 Å². The molecule has 1 N–H and O–H groups in total. The minimum atomic E-state index is -0.889. The zero-order valence-corrected chi connectivity index (χ0v) is 14.0. The molecule has 0 saturated carbocycles. The van der Waals surface area contributed by atoms with Crippen molar-refractivity contribution in [3.63, 3.8) is 0 Å². The van der Waals surface area contributed by atoms with E-state index in [1.165, 1.54) is 4.90 Å². The Morgan fingerprint density at radius 3 is 2.36 bits per heavy atom. The Bertz CT molecular complexity index is 824. The Morgan fingerprint density at radius 1 is 1.04 bits per heavy atom. The van der Waals surface area contributed by atoms with Gasteiger partial charge in [-0.15, -0.1) is 0 Å². The average Bonchev–Trinajstić information content (AvgIpc) is 2.85. The fraction of sp³-hybridized carbons (Fsp3) is 0.250. The molecular formula is C20H19N3O2. The molecule has 25 heavy (non-hydrogen) atoms. The standard InChI is InChI=1S/C20H19N3O2/c1-20(12-11-15-5-3-2-4-6-15)18(24)23(19(25)22-20)14-17-9-7-16(13-21)8-10-17/h2-10H,11-12,14H2,1H3,(H,22,25)/t20-/m0/s1. The van der Waals surface area contributed by atoms with Gasteiger partial charge in [0, 0.05) is 0 Å². The van der Waals surface area contributed by atoms with E-state index in [0.29, 0.717) is 18.4 Å². The molecule has 0 radical (unpaired) electrons. The molecule has 5 nitrogen and oxygen atoms in total. The molecule has 0 unspecified atom stereocenters. The van der Waals surface area contributed by atoms with Crippen LogP contribution in [0.2, 0.25) is 0 Å². The number of hydrogen-bond acceptors (Lipinski definition) is 3. The zero-order valence-electron chi connectivity index (χ0n) is 14.0. The number of hydrogen-bond donors (Lipinski definition) is 1. The third-order valence-corrected chi connectivity index (χ3v) is 4.53.